The first-order valence-corrected chi connectivity index (χ1v) is 9.98. The zero-order valence-corrected chi connectivity index (χ0v) is 17.0. The predicted octanol–water partition coefficient (Wildman–Crippen LogP) is 3.04. The van der Waals surface area contributed by atoms with Crippen LogP contribution in [0.2, 0.25) is 0 Å². The molecule has 1 aliphatic rings. The van der Waals surface area contributed by atoms with Crippen molar-refractivity contribution in [1.29, 1.82) is 0 Å². The van der Waals surface area contributed by atoms with Gasteiger partial charge in [-0.1, -0.05) is 44.2 Å². The Bertz CT molecular complexity index is 781. The van der Waals surface area contributed by atoms with E-state index in [2.05, 4.69) is 42.7 Å². The number of aryl methyl sites for hydroxylation is 1. The number of hydrogen-bond acceptors (Lipinski definition) is 3. The molecule has 0 spiro atoms. The third kappa shape index (κ3) is 4.41. The molecule has 1 fully saturated rings. The summed E-state index contributed by atoms with van der Waals surface area (Å²) in [5.41, 5.74) is 11.0. The van der Waals surface area contributed by atoms with Gasteiger partial charge in [0, 0.05) is 43.7 Å². The molecule has 2 N–H and O–H groups in total. The van der Waals surface area contributed by atoms with Crippen LogP contribution in [-0.2, 0) is 17.8 Å². The normalized spacial score (nSPS) is 19.9. The van der Waals surface area contributed by atoms with Crippen LogP contribution >= 0.6 is 0 Å². The van der Waals surface area contributed by atoms with Crippen molar-refractivity contribution in [1.82, 2.24) is 14.7 Å². The molecule has 0 saturated carbocycles. The minimum Gasteiger partial charge on any atom is -0.340 e. The molecule has 27 heavy (non-hydrogen) atoms. The summed E-state index contributed by atoms with van der Waals surface area (Å²) in [6, 6.07) is 10.3. The van der Waals surface area contributed by atoms with Crippen LogP contribution in [0.15, 0.2) is 30.3 Å². The Balaban J connectivity index is 1.61. The van der Waals surface area contributed by atoms with E-state index < -0.39 is 0 Å². The van der Waals surface area contributed by atoms with Gasteiger partial charge in [0.2, 0.25) is 5.91 Å². The zero-order valence-electron chi connectivity index (χ0n) is 17.0. The lowest BCUT2D eigenvalue weighted by Gasteiger charge is -2.16. The van der Waals surface area contributed by atoms with Gasteiger partial charge < -0.3 is 10.6 Å². The van der Waals surface area contributed by atoms with E-state index in [1.807, 2.05) is 30.0 Å². The van der Waals surface area contributed by atoms with Gasteiger partial charge in [-0.05, 0) is 37.3 Å². The van der Waals surface area contributed by atoms with Gasteiger partial charge in [-0.3, -0.25) is 9.48 Å². The van der Waals surface area contributed by atoms with Crippen LogP contribution in [0.25, 0.3) is 0 Å². The maximum absolute atomic E-state index is 12.8. The van der Waals surface area contributed by atoms with Crippen molar-refractivity contribution in [2.24, 2.45) is 11.7 Å². The number of nitrogens with two attached hydrogens (primary N) is 1. The molecule has 2 aromatic rings. The van der Waals surface area contributed by atoms with Crippen LogP contribution in [0.5, 0.6) is 0 Å². The van der Waals surface area contributed by atoms with Gasteiger partial charge in [0.1, 0.15) is 0 Å². The molecule has 0 unspecified atom stereocenters. The number of likely N-dealkylation sites (tertiary alicyclic amines) is 1. The maximum atomic E-state index is 12.8. The quantitative estimate of drug-likeness (QED) is 0.852. The molecule has 1 amide bonds. The summed E-state index contributed by atoms with van der Waals surface area (Å²) in [6.07, 6.45) is 1.26. The third-order valence-electron chi connectivity index (χ3n) is 5.60. The van der Waals surface area contributed by atoms with E-state index in [0.717, 1.165) is 18.7 Å². The number of hydrogen-bond donors (Lipinski definition) is 1. The van der Waals surface area contributed by atoms with Crippen molar-refractivity contribution in [2.75, 3.05) is 13.1 Å². The van der Waals surface area contributed by atoms with E-state index in [0.29, 0.717) is 25.4 Å². The molecule has 1 aromatic heterocycles. The summed E-state index contributed by atoms with van der Waals surface area (Å²) in [4.78, 5) is 14.7. The van der Waals surface area contributed by atoms with E-state index in [1.165, 1.54) is 16.8 Å². The fourth-order valence-electron chi connectivity index (χ4n) is 4.10. The highest BCUT2D eigenvalue weighted by molar-refractivity contribution is 5.77. The lowest BCUT2D eigenvalue weighted by Crippen LogP contribution is -2.32. The average Bonchev–Trinajstić information content (AvgIpc) is 3.14. The number of nitrogens with zero attached hydrogens (tertiary/aromatic N) is 3. The van der Waals surface area contributed by atoms with Crippen LogP contribution in [0.4, 0.5) is 0 Å². The first-order chi connectivity index (χ1) is 12.9. The number of carbonyl (C=O) groups is 1. The second-order valence-electron chi connectivity index (χ2n) is 8.21. The monoisotopic (exact) mass is 368 g/mol. The predicted molar refractivity (Wildman–Crippen MR) is 109 cm³/mol. The molecule has 2 atom stereocenters. The van der Waals surface area contributed by atoms with Crippen molar-refractivity contribution in [3.63, 3.8) is 0 Å². The average molecular weight is 369 g/mol. The Morgan fingerprint density at radius 1 is 1.22 bits per heavy atom. The van der Waals surface area contributed by atoms with E-state index >= 15 is 0 Å². The second kappa shape index (κ2) is 8.26. The maximum Gasteiger partial charge on any atom is 0.222 e. The minimum atomic E-state index is 0.00798. The molecule has 2 heterocycles. The van der Waals surface area contributed by atoms with Crippen molar-refractivity contribution >= 4 is 5.91 Å². The van der Waals surface area contributed by atoms with Crippen molar-refractivity contribution in [3.05, 3.63) is 52.8 Å². The highest BCUT2D eigenvalue weighted by Gasteiger charge is 2.33. The first-order valence-electron chi connectivity index (χ1n) is 9.98. The van der Waals surface area contributed by atoms with Crippen molar-refractivity contribution in [3.8, 4) is 0 Å². The van der Waals surface area contributed by atoms with Gasteiger partial charge in [0.25, 0.3) is 0 Å². The molecule has 1 aliphatic heterocycles. The lowest BCUT2D eigenvalue weighted by molar-refractivity contribution is -0.130. The third-order valence-corrected chi connectivity index (χ3v) is 5.60. The smallest absolute Gasteiger partial charge is 0.222 e. The molecule has 1 aromatic carbocycles. The molecule has 0 aliphatic carbocycles. The molecule has 5 nitrogen and oxygen atoms in total. The Hall–Kier alpha value is -2.14. The molecule has 146 valence electrons. The lowest BCUT2D eigenvalue weighted by atomic mass is 9.95. The molecular formula is C22H32N4O. The van der Waals surface area contributed by atoms with Gasteiger partial charge in [0.05, 0.1) is 5.69 Å². The van der Waals surface area contributed by atoms with E-state index in [9.17, 15) is 4.79 Å². The van der Waals surface area contributed by atoms with Crippen LogP contribution in [0, 0.1) is 19.8 Å². The highest BCUT2D eigenvalue weighted by atomic mass is 16.2. The van der Waals surface area contributed by atoms with Gasteiger partial charge in [-0.15, -0.1) is 0 Å². The Labute approximate surface area is 162 Å². The molecule has 1 saturated heterocycles. The number of rotatable bonds is 6. The summed E-state index contributed by atoms with van der Waals surface area (Å²) >= 11 is 0. The number of aromatic nitrogens is 2. The fraction of sp³-hybridized carbons (Fsp3) is 0.545. The Morgan fingerprint density at radius 3 is 2.59 bits per heavy atom. The van der Waals surface area contributed by atoms with Crippen LogP contribution in [0.1, 0.15) is 48.7 Å². The van der Waals surface area contributed by atoms with E-state index in [1.54, 1.807) is 0 Å². The van der Waals surface area contributed by atoms with Gasteiger partial charge in [0.15, 0.2) is 0 Å². The van der Waals surface area contributed by atoms with E-state index in [-0.39, 0.29) is 17.9 Å². The summed E-state index contributed by atoms with van der Waals surface area (Å²) < 4.78 is 2.08. The molecule has 3 rings (SSSR count). The van der Waals surface area contributed by atoms with Crippen molar-refractivity contribution < 1.29 is 4.79 Å². The largest absolute Gasteiger partial charge is 0.340 e. The van der Waals surface area contributed by atoms with Crippen molar-refractivity contribution in [2.45, 2.75) is 59.0 Å². The SMILES string of the molecule is Cc1nn(CC(C)C)c(C)c1CCC(=O)N1C[C@@H](N)[C@H](c2ccccc2)C1. The van der Waals surface area contributed by atoms with Gasteiger partial charge >= 0.3 is 0 Å². The Morgan fingerprint density at radius 2 is 1.93 bits per heavy atom. The summed E-state index contributed by atoms with van der Waals surface area (Å²) in [5, 5.41) is 4.66. The van der Waals surface area contributed by atoms with Gasteiger partial charge in [-0.25, -0.2) is 0 Å². The molecule has 0 radical (unpaired) electrons. The van der Waals surface area contributed by atoms with Crippen LogP contribution in [-0.4, -0.2) is 39.7 Å². The minimum absolute atomic E-state index is 0.00798. The number of carbonyl (C=O) groups excluding carboxylic acids is 1. The molecular weight excluding hydrogens is 336 g/mol. The first kappa shape index (κ1) is 19.6. The number of amides is 1. The standard InChI is InChI=1S/C22H32N4O/c1-15(2)12-26-17(4)19(16(3)24-26)10-11-22(27)25-13-20(21(23)14-25)18-8-6-5-7-9-18/h5-9,15,20-21H,10-14,23H2,1-4H3/t20-,21+/m0/s1. The molecule has 5 heteroatoms. The van der Waals surface area contributed by atoms with Gasteiger partial charge in [-0.2, -0.15) is 5.10 Å². The zero-order chi connectivity index (χ0) is 19.6. The van der Waals surface area contributed by atoms with Crippen LogP contribution < -0.4 is 5.73 Å². The fourth-order valence-corrected chi connectivity index (χ4v) is 4.10. The summed E-state index contributed by atoms with van der Waals surface area (Å²) in [6.45, 7) is 10.8. The number of benzene rings is 1. The topological polar surface area (TPSA) is 64.2 Å². The van der Waals surface area contributed by atoms with Crippen LogP contribution in [0.3, 0.4) is 0 Å². The Kier molecular flexibility index (Phi) is 6.00. The second-order valence-corrected chi connectivity index (χ2v) is 8.21. The highest BCUT2D eigenvalue weighted by Crippen LogP contribution is 2.27. The summed E-state index contributed by atoms with van der Waals surface area (Å²) in [7, 11) is 0. The summed E-state index contributed by atoms with van der Waals surface area (Å²) in [5.74, 6) is 0.977. The molecule has 0 bridgehead atoms. The van der Waals surface area contributed by atoms with E-state index in [4.69, 9.17) is 5.73 Å².